The summed E-state index contributed by atoms with van der Waals surface area (Å²) in [4.78, 5) is 0. The van der Waals surface area contributed by atoms with Gasteiger partial charge in [-0.2, -0.15) is 0 Å². The quantitative estimate of drug-likeness (QED) is 0.384. The molecule has 0 aromatic heterocycles. The molecule has 21 heavy (non-hydrogen) atoms. The fourth-order valence-corrected chi connectivity index (χ4v) is 1.85. The molecular weight excluding hydrogens is 266 g/mol. The standard InChI is InChI=1S/C17H19NO3/c1-14-7-9-17(10-8-14)21-13-16(19)12-18(20)11-15-5-3-2-4-6-15/h2-11,16,19H,12-13H2,1H3/b18-11-. The van der Waals surface area contributed by atoms with Gasteiger partial charge in [0.05, 0.1) is 0 Å². The molecule has 0 spiro atoms. The Morgan fingerprint density at radius 2 is 1.81 bits per heavy atom. The molecule has 0 aliphatic heterocycles. The lowest BCUT2D eigenvalue weighted by Gasteiger charge is -2.12. The molecule has 2 aromatic rings. The van der Waals surface area contributed by atoms with Gasteiger partial charge in [-0.15, -0.1) is 0 Å². The summed E-state index contributed by atoms with van der Waals surface area (Å²) in [6, 6.07) is 16.8. The molecule has 0 aliphatic rings. The van der Waals surface area contributed by atoms with Gasteiger partial charge in [0, 0.05) is 5.56 Å². The molecule has 0 amide bonds. The summed E-state index contributed by atoms with van der Waals surface area (Å²) in [5.74, 6) is 0.684. The zero-order chi connectivity index (χ0) is 15.1. The van der Waals surface area contributed by atoms with Gasteiger partial charge in [0.2, 0.25) is 0 Å². The summed E-state index contributed by atoms with van der Waals surface area (Å²) >= 11 is 0. The molecule has 4 nitrogen and oxygen atoms in total. The van der Waals surface area contributed by atoms with Crippen LogP contribution < -0.4 is 4.74 Å². The Morgan fingerprint density at radius 1 is 1.14 bits per heavy atom. The number of benzene rings is 2. The van der Waals surface area contributed by atoms with Gasteiger partial charge in [-0.1, -0.05) is 35.9 Å². The highest BCUT2D eigenvalue weighted by Crippen LogP contribution is 2.11. The fraction of sp³-hybridized carbons (Fsp3) is 0.235. The molecule has 0 bridgehead atoms. The highest BCUT2D eigenvalue weighted by atomic mass is 16.5. The van der Waals surface area contributed by atoms with Crippen LogP contribution in [0.2, 0.25) is 0 Å². The van der Waals surface area contributed by atoms with Gasteiger partial charge in [0.15, 0.2) is 12.8 Å². The number of hydroxylamine groups is 1. The number of rotatable bonds is 6. The van der Waals surface area contributed by atoms with E-state index in [2.05, 4.69) is 0 Å². The molecule has 0 radical (unpaired) electrons. The molecule has 0 aliphatic carbocycles. The summed E-state index contributed by atoms with van der Waals surface area (Å²) in [5.41, 5.74) is 1.95. The van der Waals surface area contributed by atoms with E-state index in [9.17, 15) is 10.3 Å². The first-order valence-corrected chi connectivity index (χ1v) is 6.85. The third kappa shape index (κ3) is 5.28. The Morgan fingerprint density at radius 3 is 2.48 bits per heavy atom. The molecule has 1 atom stereocenters. The zero-order valence-electron chi connectivity index (χ0n) is 12.0. The minimum absolute atomic E-state index is 0.0270. The molecule has 1 N–H and O–H groups in total. The highest BCUT2D eigenvalue weighted by Gasteiger charge is 2.10. The number of aliphatic hydroxyl groups is 1. The predicted octanol–water partition coefficient (Wildman–Crippen LogP) is 2.36. The largest absolute Gasteiger partial charge is 0.624 e. The number of hydrogen-bond acceptors (Lipinski definition) is 3. The first kappa shape index (κ1) is 15.1. The third-order valence-electron chi connectivity index (χ3n) is 2.95. The van der Waals surface area contributed by atoms with Crippen LogP contribution in [0.3, 0.4) is 0 Å². The Labute approximate surface area is 124 Å². The van der Waals surface area contributed by atoms with Crippen LogP contribution in [0.4, 0.5) is 0 Å². The molecule has 0 fully saturated rings. The van der Waals surface area contributed by atoms with Crippen molar-refractivity contribution < 1.29 is 14.6 Å². The molecule has 2 aromatic carbocycles. The third-order valence-corrected chi connectivity index (χ3v) is 2.95. The number of aliphatic hydroxyl groups excluding tert-OH is 1. The van der Waals surface area contributed by atoms with Gasteiger partial charge in [-0.05, 0) is 31.2 Å². The van der Waals surface area contributed by atoms with E-state index >= 15 is 0 Å². The van der Waals surface area contributed by atoms with Gasteiger partial charge >= 0.3 is 0 Å². The number of ether oxygens (including phenoxy) is 1. The zero-order valence-corrected chi connectivity index (χ0v) is 12.0. The Kier molecular flexibility index (Phi) is 5.35. The van der Waals surface area contributed by atoms with Crippen molar-refractivity contribution in [3.8, 4) is 5.75 Å². The normalized spacial score (nSPS) is 13.0. The first-order chi connectivity index (χ1) is 10.1. The fourth-order valence-electron chi connectivity index (χ4n) is 1.85. The lowest BCUT2D eigenvalue weighted by atomic mass is 10.2. The second kappa shape index (κ2) is 7.45. The van der Waals surface area contributed by atoms with Crippen molar-refractivity contribution in [1.29, 1.82) is 0 Å². The van der Waals surface area contributed by atoms with Crippen molar-refractivity contribution in [3.63, 3.8) is 0 Å². The van der Waals surface area contributed by atoms with Crippen LogP contribution in [0.1, 0.15) is 11.1 Å². The smallest absolute Gasteiger partial charge is 0.182 e. The summed E-state index contributed by atoms with van der Waals surface area (Å²) in [7, 11) is 0. The predicted molar refractivity (Wildman–Crippen MR) is 82.8 cm³/mol. The number of aryl methyl sites for hydroxylation is 1. The van der Waals surface area contributed by atoms with Crippen molar-refractivity contribution in [2.45, 2.75) is 13.0 Å². The van der Waals surface area contributed by atoms with Gasteiger partial charge in [0.1, 0.15) is 18.5 Å². The molecule has 2 rings (SSSR count). The minimum Gasteiger partial charge on any atom is -0.624 e. The Hall–Kier alpha value is -2.33. The van der Waals surface area contributed by atoms with E-state index in [1.54, 1.807) is 0 Å². The average molecular weight is 285 g/mol. The molecule has 0 heterocycles. The average Bonchev–Trinajstić information content (AvgIpc) is 2.47. The molecule has 4 heteroatoms. The van der Waals surface area contributed by atoms with Gasteiger partial charge in [0.25, 0.3) is 0 Å². The van der Waals surface area contributed by atoms with Crippen molar-refractivity contribution in [1.82, 2.24) is 0 Å². The van der Waals surface area contributed by atoms with Crippen molar-refractivity contribution >= 4 is 6.21 Å². The second-order valence-electron chi connectivity index (χ2n) is 4.92. The molecular formula is C17H19NO3. The topological polar surface area (TPSA) is 55.5 Å². The summed E-state index contributed by atoms with van der Waals surface area (Å²) in [5, 5.41) is 21.6. The van der Waals surface area contributed by atoms with Crippen LogP contribution in [-0.4, -0.2) is 35.3 Å². The number of hydrogen-bond donors (Lipinski definition) is 1. The lowest BCUT2D eigenvalue weighted by Crippen LogP contribution is -2.27. The molecule has 0 saturated heterocycles. The van der Waals surface area contributed by atoms with Crippen molar-refractivity contribution in [2.24, 2.45) is 0 Å². The van der Waals surface area contributed by atoms with Gasteiger partial charge in [-0.3, -0.25) is 0 Å². The Bertz CT molecular complexity index is 579. The first-order valence-electron chi connectivity index (χ1n) is 6.85. The SMILES string of the molecule is Cc1ccc(OCC(O)C/[N+]([O-])=C/c2ccccc2)cc1. The lowest BCUT2D eigenvalue weighted by molar-refractivity contribution is -0.464. The van der Waals surface area contributed by atoms with Crippen LogP contribution in [0.5, 0.6) is 5.75 Å². The van der Waals surface area contributed by atoms with E-state index in [0.29, 0.717) is 5.75 Å². The van der Waals surface area contributed by atoms with Crippen molar-refractivity contribution in [2.75, 3.05) is 13.2 Å². The van der Waals surface area contributed by atoms with E-state index in [1.165, 1.54) is 6.21 Å². The monoisotopic (exact) mass is 285 g/mol. The van der Waals surface area contributed by atoms with E-state index in [1.807, 2.05) is 61.5 Å². The summed E-state index contributed by atoms with van der Waals surface area (Å²) < 4.78 is 6.17. The van der Waals surface area contributed by atoms with Crippen LogP contribution in [-0.2, 0) is 0 Å². The van der Waals surface area contributed by atoms with E-state index in [-0.39, 0.29) is 13.2 Å². The molecule has 110 valence electrons. The van der Waals surface area contributed by atoms with Gasteiger partial charge in [-0.25, -0.2) is 4.74 Å². The number of nitrogens with zero attached hydrogens (tertiary/aromatic N) is 1. The summed E-state index contributed by atoms with van der Waals surface area (Å²) in [6.45, 7) is 2.05. The maximum absolute atomic E-state index is 11.7. The Balaban J connectivity index is 1.82. The maximum Gasteiger partial charge on any atom is 0.182 e. The summed E-state index contributed by atoms with van der Waals surface area (Å²) in [6.07, 6.45) is 0.610. The van der Waals surface area contributed by atoms with Crippen LogP contribution >= 0.6 is 0 Å². The maximum atomic E-state index is 11.7. The molecule has 1 unspecified atom stereocenters. The van der Waals surface area contributed by atoms with Crippen LogP contribution in [0.25, 0.3) is 0 Å². The highest BCUT2D eigenvalue weighted by molar-refractivity contribution is 5.75. The van der Waals surface area contributed by atoms with E-state index < -0.39 is 6.10 Å². The van der Waals surface area contributed by atoms with Gasteiger partial charge < -0.3 is 15.1 Å². The van der Waals surface area contributed by atoms with E-state index in [4.69, 9.17) is 4.74 Å². The van der Waals surface area contributed by atoms with Crippen molar-refractivity contribution in [3.05, 3.63) is 70.9 Å². The molecule has 0 saturated carbocycles. The minimum atomic E-state index is -0.844. The van der Waals surface area contributed by atoms with Crippen LogP contribution in [0.15, 0.2) is 54.6 Å². The second-order valence-corrected chi connectivity index (χ2v) is 4.92. The van der Waals surface area contributed by atoms with Crippen LogP contribution in [0, 0.1) is 12.1 Å². The van der Waals surface area contributed by atoms with E-state index in [0.717, 1.165) is 15.9 Å².